The summed E-state index contributed by atoms with van der Waals surface area (Å²) < 4.78 is 31.1. The Kier molecular flexibility index (Phi) is 7.82. The van der Waals surface area contributed by atoms with E-state index in [2.05, 4.69) is 34.3 Å². The van der Waals surface area contributed by atoms with Gasteiger partial charge in [-0.2, -0.15) is 0 Å². The molecule has 0 aliphatic carbocycles. The van der Waals surface area contributed by atoms with Gasteiger partial charge in [0.1, 0.15) is 0 Å². The zero-order valence-corrected chi connectivity index (χ0v) is 17.3. The fraction of sp³-hybridized carbons (Fsp3) is 0.400. The molecule has 0 saturated heterocycles. The second-order valence-electron chi connectivity index (χ2n) is 6.89. The van der Waals surface area contributed by atoms with Crippen molar-refractivity contribution < 1.29 is 13.2 Å². The molecule has 7 heteroatoms. The molecule has 1 heterocycles. The number of rotatable bonds is 7. The third-order valence-electron chi connectivity index (χ3n) is 4.61. The summed E-state index contributed by atoms with van der Waals surface area (Å²) in [6.45, 7) is 4.09. The summed E-state index contributed by atoms with van der Waals surface area (Å²) in [5.41, 5.74) is 4.78. The van der Waals surface area contributed by atoms with Gasteiger partial charge in [-0.1, -0.05) is 48.5 Å². The van der Waals surface area contributed by atoms with E-state index in [9.17, 15) is 8.42 Å². The number of hydrogen-bond acceptors (Lipinski definition) is 4. The minimum atomic E-state index is -3.21. The molecule has 3 rings (SSSR count). The molecule has 2 aromatic rings. The van der Waals surface area contributed by atoms with E-state index >= 15 is 0 Å². The summed E-state index contributed by atoms with van der Waals surface area (Å²) in [4.78, 5) is 0. The molecular weight excluding hydrogens is 384 g/mol. The number of nitrogens with one attached hydrogen (secondary N) is 2. The van der Waals surface area contributed by atoms with Gasteiger partial charge in [0.2, 0.25) is 10.0 Å². The first-order valence-corrected chi connectivity index (χ1v) is 10.7. The topological polar surface area (TPSA) is 67.4 Å². The van der Waals surface area contributed by atoms with Gasteiger partial charge in [-0.05, 0) is 29.2 Å². The third-order valence-corrected chi connectivity index (χ3v) is 5.39. The molecular formula is C20H27ClN2O3S. The van der Waals surface area contributed by atoms with Gasteiger partial charge >= 0.3 is 0 Å². The predicted octanol–water partition coefficient (Wildman–Crippen LogP) is 2.95. The average Bonchev–Trinajstić information content (AvgIpc) is 2.61. The zero-order chi connectivity index (χ0) is 18.6. The molecule has 1 unspecified atom stereocenters. The standard InChI is InChI=1S/C20H26N2O3S.ClH/c1-15(22-26(2,23)24)17-9-7-16(8-10-17)12-21-13-20-11-18-5-3-4-6-19(18)14-25-20;/h3-10,15,20-22H,11-14H2,1-2H3;1H/t15-,20?;/m1./s1. The third kappa shape index (κ3) is 6.59. The Morgan fingerprint density at radius 3 is 2.44 bits per heavy atom. The van der Waals surface area contributed by atoms with Crippen molar-refractivity contribution in [1.82, 2.24) is 10.0 Å². The lowest BCUT2D eigenvalue weighted by Crippen LogP contribution is -2.33. The summed E-state index contributed by atoms with van der Waals surface area (Å²) in [6.07, 6.45) is 2.31. The van der Waals surface area contributed by atoms with Crippen molar-refractivity contribution in [1.29, 1.82) is 0 Å². The predicted molar refractivity (Wildman–Crippen MR) is 111 cm³/mol. The molecule has 5 nitrogen and oxygen atoms in total. The van der Waals surface area contributed by atoms with E-state index in [0.29, 0.717) is 6.61 Å². The van der Waals surface area contributed by atoms with Crippen molar-refractivity contribution in [3.05, 3.63) is 70.8 Å². The number of fused-ring (bicyclic) bond motifs is 1. The average molecular weight is 411 g/mol. The minimum absolute atomic E-state index is 0. The molecule has 0 amide bonds. The summed E-state index contributed by atoms with van der Waals surface area (Å²) in [5.74, 6) is 0. The van der Waals surface area contributed by atoms with E-state index in [1.165, 1.54) is 17.4 Å². The van der Waals surface area contributed by atoms with Crippen LogP contribution in [0.5, 0.6) is 0 Å². The monoisotopic (exact) mass is 410 g/mol. The summed E-state index contributed by atoms with van der Waals surface area (Å²) in [7, 11) is -3.21. The SMILES string of the molecule is C[C@@H](NS(C)(=O)=O)c1ccc(CNCC2Cc3ccccc3CO2)cc1.Cl. The number of sulfonamides is 1. The van der Waals surface area contributed by atoms with Crippen LogP contribution in [-0.2, 0) is 34.3 Å². The lowest BCUT2D eigenvalue weighted by atomic mass is 9.99. The van der Waals surface area contributed by atoms with Crippen molar-refractivity contribution in [3.63, 3.8) is 0 Å². The molecule has 1 aliphatic heterocycles. The molecule has 27 heavy (non-hydrogen) atoms. The second kappa shape index (κ2) is 9.66. The normalized spacial score (nSPS) is 17.6. The Balaban J connectivity index is 0.00000261. The van der Waals surface area contributed by atoms with E-state index in [1.807, 2.05) is 31.2 Å². The van der Waals surface area contributed by atoms with Gasteiger partial charge < -0.3 is 10.1 Å². The Morgan fingerprint density at radius 1 is 1.11 bits per heavy atom. The summed E-state index contributed by atoms with van der Waals surface area (Å²) in [6, 6.07) is 16.2. The maximum Gasteiger partial charge on any atom is 0.209 e. The molecule has 2 N–H and O–H groups in total. The van der Waals surface area contributed by atoms with E-state index in [1.54, 1.807) is 0 Å². The van der Waals surface area contributed by atoms with Crippen molar-refractivity contribution in [2.24, 2.45) is 0 Å². The fourth-order valence-corrected chi connectivity index (χ4v) is 4.01. The number of benzene rings is 2. The molecule has 0 bridgehead atoms. The molecule has 2 aromatic carbocycles. The van der Waals surface area contributed by atoms with Crippen LogP contribution < -0.4 is 10.0 Å². The highest BCUT2D eigenvalue weighted by Gasteiger charge is 2.18. The molecule has 2 atom stereocenters. The molecule has 0 radical (unpaired) electrons. The van der Waals surface area contributed by atoms with Crippen LogP contribution in [0, 0.1) is 0 Å². The van der Waals surface area contributed by atoms with E-state index in [0.717, 1.165) is 30.6 Å². The number of halogens is 1. The van der Waals surface area contributed by atoms with Crippen LogP contribution in [0.25, 0.3) is 0 Å². The first-order valence-electron chi connectivity index (χ1n) is 8.86. The first-order chi connectivity index (χ1) is 12.4. The summed E-state index contributed by atoms with van der Waals surface area (Å²) >= 11 is 0. The van der Waals surface area contributed by atoms with Gasteiger partial charge in [0, 0.05) is 25.6 Å². The van der Waals surface area contributed by atoms with Crippen LogP contribution in [0.4, 0.5) is 0 Å². The lowest BCUT2D eigenvalue weighted by molar-refractivity contribution is 0.0288. The van der Waals surface area contributed by atoms with Crippen LogP contribution in [0.15, 0.2) is 48.5 Å². The van der Waals surface area contributed by atoms with Gasteiger partial charge in [-0.25, -0.2) is 13.1 Å². The minimum Gasteiger partial charge on any atom is -0.372 e. The van der Waals surface area contributed by atoms with E-state index in [4.69, 9.17) is 4.74 Å². The van der Waals surface area contributed by atoms with Crippen LogP contribution in [-0.4, -0.2) is 27.3 Å². The van der Waals surface area contributed by atoms with E-state index < -0.39 is 10.0 Å². The molecule has 0 fully saturated rings. The van der Waals surface area contributed by atoms with Crippen LogP contribution in [0.1, 0.15) is 35.2 Å². The highest BCUT2D eigenvalue weighted by atomic mass is 35.5. The van der Waals surface area contributed by atoms with Crippen molar-refractivity contribution in [2.45, 2.75) is 38.6 Å². The van der Waals surface area contributed by atoms with Crippen molar-refractivity contribution in [3.8, 4) is 0 Å². The van der Waals surface area contributed by atoms with Crippen molar-refractivity contribution in [2.75, 3.05) is 12.8 Å². The highest BCUT2D eigenvalue weighted by Crippen LogP contribution is 2.20. The Labute approximate surface area is 168 Å². The first kappa shape index (κ1) is 21.9. The zero-order valence-electron chi connectivity index (χ0n) is 15.6. The number of hydrogen-bond donors (Lipinski definition) is 2. The lowest BCUT2D eigenvalue weighted by Gasteiger charge is -2.25. The Bertz CT molecular complexity index is 841. The summed E-state index contributed by atoms with van der Waals surface area (Å²) in [5, 5.41) is 3.45. The van der Waals surface area contributed by atoms with Gasteiger partial charge in [0.05, 0.1) is 19.0 Å². The van der Waals surface area contributed by atoms with Gasteiger partial charge in [0.25, 0.3) is 0 Å². The quantitative estimate of drug-likeness (QED) is 0.736. The van der Waals surface area contributed by atoms with Gasteiger partial charge in [0.15, 0.2) is 0 Å². The Hall–Kier alpha value is -1.44. The van der Waals surface area contributed by atoms with E-state index in [-0.39, 0.29) is 24.6 Å². The molecule has 1 aliphatic rings. The van der Waals surface area contributed by atoms with Gasteiger partial charge in [-0.15, -0.1) is 12.4 Å². The maximum absolute atomic E-state index is 11.3. The van der Waals surface area contributed by atoms with Gasteiger partial charge in [-0.3, -0.25) is 0 Å². The fourth-order valence-electron chi connectivity index (χ4n) is 3.23. The van der Waals surface area contributed by atoms with Crippen LogP contribution in [0.3, 0.4) is 0 Å². The molecule has 148 valence electrons. The largest absolute Gasteiger partial charge is 0.372 e. The second-order valence-corrected chi connectivity index (χ2v) is 8.67. The van der Waals surface area contributed by atoms with Crippen LogP contribution >= 0.6 is 12.4 Å². The highest BCUT2D eigenvalue weighted by molar-refractivity contribution is 7.88. The Morgan fingerprint density at radius 2 is 1.78 bits per heavy atom. The maximum atomic E-state index is 11.3. The van der Waals surface area contributed by atoms with Crippen LogP contribution in [0.2, 0.25) is 0 Å². The molecule has 0 spiro atoms. The van der Waals surface area contributed by atoms with Crippen molar-refractivity contribution >= 4 is 22.4 Å². The molecule has 0 aromatic heterocycles. The number of ether oxygens (including phenoxy) is 1. The smallest absolute Gasteiger partial charge is 0.209 e. The molecule has 0 saturated carbocycles.